The molecule has 4 rings (SSSR count). The lowest BCUT2D eigenvalue weighted by atomic mass is 10.0. The SMILES string of the molecule is C[Si](C)(C)CCOCn1ccc2c(-c3cnn(C(CC#N)c4cccc(N)c4)c3)ncnc21. The molecule has 1 unspecified atom stereocenters. The van der Waals surface area contributed by atoms with E-state index in [1.807, 2.05) is 47.3 Å². The van der Waals surface area contributed by atoms with Crippen LogP contribution in [-0.2, 0) is 11.5 Å². The first-order valence-electron chi connectivity index (χ1n) is 11.0. The second kappa shape index (κ2) is 9.56. The fourth-order valence-electron chi connectivity index (χ4n) is 3.73. The van der Waals surface area contributed by atoms with E-state index in [1.165, 1.54) is 0 Å². The summed E-state index contributed by atoms with van der Waals surface area (Å²) in [4.78, 5) is 9.01. The third-order valence-electron chi connectivity index (χ3n) is 5.56. The number of nitrogens with zero attached hydrogens (tertiary/aromatic N) is 6. The van der Waals surface area contributed by atoms with E-state index in [2.05, 4.69) is 40.8 Å². The van der Waals surface area contributed by atoms with Gasteiger partial charge in [0.05, 0.1) is 30.4 Å². The van der Waals surface area contributed by atoms with E-state index in [1.54, 1.807) is 17.2 Å². The van der Waals surface area contributed by atoms with E-state index in [0.717, 1.165) is 40.5 Å². The second-order valence-corrected chi connectivity index (χ2v) is 15.0. The van der Waals surface area contributed by atoms with Crippen LogP contribution in [0.4, 0.5) is 5.69 Å². The average Bonchev–Trinajstić information content (AvgIpc) is 3.42. The third-order valence-corrected chi connectivity index (χ3v) is 7.26. The molecule has 33 heavy (non-hydrogen) atoms. The number of anilines is 1. The van der Waals surface area contributed by atoms with E-state index >= 15 is 0 Å². The Balaban J connectivity index is 1.59. The Morgan fingerprint density at radius 1 is 1.21 bits per heavy atom. The molecule has 3 heterocycles. The topological polar surface area (TPSA) is 108 Å². The molecule has 1 atom stereocenters. The van der Waals surface area contributed by atoms with Crippen molar-refractivity contribution < 1.29 is 4.74 Å². The number of hydrogen-bond acceptors (Lipinski definition) is 6. The molecular formula is C24H29N7OSi. The van der Waals surface area contributed by atoms with E-state index in [0.29, 0.717) is 12.4 Å². The maximum atomic E-state index is 9.37. The highest BCUT2D eigenvalue weighted by atomic mass is 28.3. The lowest BCUT2D eigenvalue weighted by molar-refractivity contribution is 0.0899. The van der Waals surface area contributed by atoms with Gasteiger partial charge in [-0.05, 0) is 29.8 Å². The molecule has 0 saturated carbocycles. The summed E-state index contributed by atoms with van der Waals surface area (Å²) in [6.45, 7) is 8.24. The predicted octanol–water partition coefficient (Wildman–Crippen LogP) is 4.69. The largest absolute Gasteiger partial charge is 0.399 e. The van der Waals surface area contributed by atoms with Crippen LogP contribution >= 0.6 is 0 Å². The van der Waals surface area contributed by atoms with Crippen molar-refractivity contribution in [3.63, 3.8) is 0 Å². The minimum Gasteiger partial charge on any atom is -0.399 e. The molecule has 1 aromatic carbocycles. The summed E-state index contributed by atoms with van der Waals surface area (Å²) in [5, 5.41) is 14.9. The summed E-state index contributed by atoms with van der Waals surface area (Å²) in [6.07, 6.45) is 7.54. The van der Waals surface area contributed by atoms with Gasteiger partial charge >= 0.3 is 0 Å². The molecule has 9 heteroatoms. The Morgan fingerprint density at radius 3 is 2.82 bits per heavy atom. The fraction of sp³-hybridized carbons (Fsp3) is 0.333. The van der Waals surface area contributed by atoms with Crippen LogP contribution in [0.3, 0.4) is 0 Å². The van der Waals surface area contributed by atoms with Crippen LogP contribution in [0, 0.1) is 11.3 Å². The molecular weight excluding hydrogens is 430 g/mol. The zero-order valence-corrected chi connectivity index (χ0v) is 20.3. The predicted molar refractivity (Wildman–Crippen MR) is 132 cm³/mol. The summed E-state index contributed by atoms with van der Waals surface area (Å²) in [7, 11) is -1.12. The lowest BCUT2D eigenvalue weighted by Crippen LogP contribution is -2.22. The Morgan fingerprint density at radius 2 is 2.06 bits per heavy atom. The molecule has 0 amide bonds. The minimum absolute atomic E-state index is 0.228. The maximum Gasteiger partial charge on any atom is 0.145 e. The zero-order chi connectivity index (χ0) is 23.4. The molecule has 0 saturated heterocycles. The zero-order valence-electron chi connectivity index (χ0n) is 19.3. The monoisotopic (exact) mass is 459 g/mol. The van der Waals surface area contributed by atoms with Crippen molar-refractivity contribution in [2.75, 3.05) is 12.3 Å². The van der Waals surface area contributed by atoms with Crippen molar-refractivity contribution in [2.24, 2.45) is 0 Å². The number of nitriles is 1. The number of aromatic nitrogens is 5. The van der Waals surface area contributed by atoms with E-state index in [-0.39, 0.29) is 12.5 Å². The van der Waals surface area contributed by atoms with Gasteiger partial charge in [0.1, 0.15) is 18.7 Å². The summed E-state index contributed by atoms with van der Waals surface area (Å²) >= 11 is 0. The minimum atomic E-state index is -1.12. The van der Waals surface area contributed by atoms with Crippen LogP contribution in [0.2, 0.25) is 25.7 Å². The van der Waals surface area contributed by atoms with Gasteiger partial charge in [0.25, 0.3) is 0 Å². The van der Waals surface area contributed by atoms with Gasteiger partial charge < -0.3 is 15.0 Å². The van der Waals surface area contributed by atoms with Gasteiger partial charge in [-0.3, -0.25) is 4.68 Å². The van der Waals surface area contributed by atoms with Crippen LogP contribution in [-0.4, -0.2) is 39.0 Å². The number of fused-ring (bicyclic) bond motifs is 1. The number of nitrogens with two attached hydrogens (primary N) is 1. The number of benzene rings is 1. The molecule has 0 aliphatic rings. The van der Waals surface area contributed by atoms with Crippen molar-refractivity contribution in [1.82, 2.24) is 24.3 Å². The van der Waals surface area contributed by atoms with Crippen LogP contribution in [0.15, 0.2) is 55.2 Å². The standard InChI is InChI=1S/C24H29N7OSi/c1-33(2,3)12-11-32-17-30-10-8-21-23(27-16-28-24(21)30)19-14-29-31(15-19)22(7-9-25)18-5-4-6-20(26)13-18/h4-6,8,10,13-16,22H,7,11-12,17,26H2,1-3H3. The average molecular weight is 460 g/mol. The van der Waals surface area contributed by atoms with Crippen molar-refractivity contribution in [3.05, 3.63) is 60.8 Å². The lowest BCUT2D eigenvalue weighted by Gasteiger charge is -2.15. The van der Waals surface area contributed by atoms with Crippen molar-refractivity contribution in [1.29, 1.82) is 5.26 Å². The molecule has 0 aliphatic heterocycles. The summed E-state index contributed by atoms with van der Waals surface area (Å²) in [5.74, 6) is 0. The molecule has 0 radical (unpaired) electrons. The van der Waals surface area contributed by atoms with Gasteiger partial charge in [-0.1, -0.05) is 31.8 Å². The second-order valence-electron chi connectivity index (χ2n) is 9.35. The highest BCUT2D eigenvalue weighted by Gasteiger charge is 2.18. The highest BCUT2D eigenvalue weighted by Crippen LogP contribution is 2.29. The van der Waals surface area contributed by atoms with E-state index < -0.39 is 8.07 Å². The molecule has 2 N–H and O–H groups in total. The van der Waals surface area contributed by atoms with Crippen LogP contribution in [0.25, 0.3) is 22.3 Å². The van der Waals surface area contributed by atoms with Crippen molar-refractivity contribution in [2.45, 2.75) is 44.9 Å². The summed E-state index contributed by atoms with van der Waals surface area (Å²) in [6, 6.07) is 12.7. The first-order chi connectivity index (χ1) is 15.9. The Kier molecular flexibility index (Phi) is 6.58. The number of nitrogen functional groups attached to an aromatic ring is 1. The van der Waals surface area contributed by atoms with Gasteiger partial charge in [-0.2, -0.15) is 10.4 Å². The van der Waals surface area contributed by atoms with E-state index in [9.17, 15) is 5.26 Å². The van der Waals surface area contributed by atoms with Gasteiger partial charge in [-0.25, -0.2) is 9.97 Å². The van der Waals surface area contributed by atoms with Crippen molar-refractivity contribution in [3.8, 4) is 17.3 Å². The first-order valence-corrected chi connectivity index (χ1v) is 14.7. The molecule has 0 aliphatic carbocycles. The molecule has 0 spiro atoms. The Bertz CT molecular complexity index is 1280. The molecule has 170 valence electrons. The molecule has 0 fully saturated rings. The smallest absolute Gasteiger partial charge is 0.145 e. The van der Waals surface area contributed by atoms with Crippen LogP contribution in [0.1, 0.15) is 18.0 Å². The van der Waals surface area contributed by atoms with Gasteiger partial charge in [-0.15, -0.1) is 0 Å². The highest BCUT2D eigenvalue weighted by molar-refractivity contribution is 6.76. The quantitative estimate of drug-likeness (QED) is 0.221. The summed E-state index contributed by atoms with van der Waals surface area (Å²) < 4.78 is 9.71. The van der Waals surface area contributed by atoms with Gasteiger partial charge in [0.15, 0.2) is 0 Å². The fourth-order valence-corrected chi connectivity index (χ4v) is 4.48. The first kappa shape index (κ1) is 22.7. The van der Waals surface area contributed by atoms with E-state index in [4.69, 9.17) is 10.5 Å². The summed E-state index contributed by atoms with van der Waals surface area (Å²) in [5.41, 5.74) is 10.1. The van der Waals surface area contributed by atoms with Crippen LogP contribution < -0.4 is 5.73 Å². The number of rotatable bonds is 9. The number of hydrogen-bond donors (Lipinski definition) is 1. The molecule has 0 bridgehead atoms. The normalized spacial score (nSPS) is 12.7. The third kappa shape index (κ3) is 5.30. The van der Waals surface area contributed by atoms with Gasteiger partial charge in [0, 0.05) is 43.7 Å². The Labute approximate surface area is 194 Å². The molecule has 4 aromatic rings. The van der Waals surface area contributed by atoms with Crippen LogP contribution in [0.5, 0.6) is 0 Å². The Hall–Kier alpha value is -3.48. The molecule has 8 nitrogen and oxygen atoms in total. The van der Waals surface area contributed by atoms with Crippen molar-refractivity contribution >= 4 is 24.8 Å². The molecule has 3 aromatic heterocycles. The number of ether oxygens (including phenoxy) is 1. The maximum absolute atomic E-state index is 9.37. The van der Waals surface area contributed by atoms with Gasteiger partial charge in [0.2, 0.25) is 0 Å².